The molecule has 0 radical (unpaired) electrons. The van der Waals surface area contributed by atoms with Gasteiger partial charge in [0.1, 0.15) is 5.82 Å². The van der Waals surface area contributed by atoms with Gasteiger partial charge in [0, 0.05) is 42.3 Å². The molecule has 1 aromatic heterocycles. The van der Waals surface area contributed by atoms with Gasteiger partial charge in [-0.05, 0) is 49.1 Å². The van der Waals surface area contributed by atoms with E-state index in [1.807, 2.05) is 30.3 Å². The summed E-state index contributed by atoms with van der Waals surface area (Å²) < 4.78 is 0. The molecule has 1 fully saturated rings. The van der Waals surface area contributed by atoms with Crippen LogP contribution in [0.3, 0.4) is 0 Å². The number of rotatable bonds is 5. The molecule has 0 spiro atoms. The van der Waals surface area contributed by atoms with Crippen LogP contribution in [-0.4, -0.2) is 28.9 Å². The lowest BCUT2D eigenvalue weighted by Gasteiger charge is -2.27. The van der Waals surface area contributed by atoms with Gasteiger partial charge in [-0.15, -0.1) is 0 Å². The molecule has 0 bridgehead atoms. The predicted octanol–water partition coefficient (Wildman–Crippen LogP) is 3.54. The number of nitrogens with one attached hydrogen (secondary N) is 3. The molecule has 1 aromatic carbocycles. The van der Waals surface area contributed by atoms with Crippen molar-refractivity contribution < 1.29 is 9.59 Å². The lowest BCUT2D eigenvalue weighted by molar-refractivity contribution is -0.116. The van der Waals surface area contributed by atoms with E-state index in [0.29, 0.717) is 24.7 Å². The van der Waals surface area contributed by atoms with Crippen LogP contribution in [0.4, 0.5) is 27.7 Å². The first-order valence-electron chi connectivity index (χ1n) is 8.75. The molecule has 3 N–H and O–H groups in total. The quantitative estimate of drug-likeness (QED) is 0.769. The van der Waals surface area contributed by atoms with E-state index in [1.165, 1.54) is 12.8 Å². The molecule has 134 valence electrons. The van der Waals surface area contributed by atoms with Crippen LogP contribution in [0.2, 0.25) is 0 Å². The predicted molar refractivity (Wildman–Crippen MR) is 100 cm³/mol. The van der Waals surface area contributed by atoms with Crippen LogP contribution in [0, 0.1) is 5.92 Å². The number of fused-ring (bicyclic) bond motifs is 1. The van der Waals surface area contributed by atoms with Gasteiger partial charge in [0.2, 0.25) is 5.91 Å². The topological polar surface area (TPSA) is 86.4 Å². The van der Waals surface area contributed by atoms with Gasteiger partial charge in [0.25, 0.3) is 0 Å². The molecule has 2 aliphatic rings. The molecule has 4 rings (SSSR count). The summed E-state index contributed by atoms with van der Waals surface area (Å²) in [5.41, 5.74) is 3.53. The van der Waals surface area contributed by atoms with Crippen LogP contribution in [0.1, 0.15) is 24.8 Å². The van der Waals surface area contributed by atoms with E-state index in [-0.39, 0.29) is 11.9 Å². The number of amides is 3. The van der Waals surface area contributed by atoms with Crippen LogP contribution in [0.15, 0.2) is 36.5 Å². The Kier molecular flexibility index (Phi) is 4.20. The minimum atomic E-state index is -0.159. The highest BCUT2D eigenvalue weighted by Crippen LogP contribution is 2.33. The number of nitrogens with zero attached hydrogens (tertiary/aromatic N) is 2. The van der Waals surface area contributed by atoms with Gasteiger partial charge >= 0.3 is 6.03 Å². The highest BCUT2D eigenvalue weighted by molar-refractivity contribution is 5.93. The van der Waals surface area contributed by atoms with E-state index in [4.69, 9.17) is 0 Å². The van der Waals surface area contributed by atoms with Crippen molar-refractivity contribution in [2.45, 2.75) is 25.8 Å². The average Bonchev–Trinajstić information content (AvgIpc) is 3.42. The molecule has 7 heteroatoms. The Morgan fingerprint density at radius 3 is 2.69 bits per heavy atom. The molecule has 26 heavy (non-hydrogen) atoms. The molecule has 7 nitrogen and oxygen atoms in total. The fourth-order valence-electron chi connectivity index (χ4n) is 2.97. The van der Waals surface area contributed by atoms with E-state index in [1.54, 1.807) is 18.1 Å². The molecule has 1 aliphatic carbocycles. The first-order valence-corrected chi connectivity index (χ1v) is 8.75. The Balaban J connectivity index is 1.45. The molecular weight excluding hydrogens is 330 g/mol. The third-order valence-corrected chi connectivity index (χ3v) is 4.64. The molecule has 0 saturated heterocycles. The molecule has 2 aromatic rings. The summed E-state index contributed by atoms with van der Waals surface area (Å²) in [6, 6.07) is 9.34. The number of pyridine rings is 1. The number of aromatic nitrogens is 1. The highest BCUT2D eigenvalue weighted by atomic mass is 16.2. The maximum Gasteiger partial charge on any atom is 0.323 e. The Hall–Kier alpha value is -3.09. The Morgan fingerprint density at radius 1 is 1.23 bits per heavy atom. The lowest BCUT2D eigenvalue weighted by Crippen LogP contribution is -2.36. The maximum absolute atomic E-state index is 11.9. The minimum Gasteiger partial charge on any atom is -0.355 e. The van der Waals surface area contributed by atoms with Gasteiger partial charge in [-0.1, -0.05) is 0 Å². The van der Waals surface area contributed by atoms with E-state index < -0.39 is 0 Å². The third kappa shape index (κ3) is 3.61. The zero-order valence-corrected chi connectivity index (χ0v) is 14.6. The van der Waals surface area contributed by atoms with E-state index in [9.17, 15) is 9.59 Å². The van der Waals surface area contributed by atoms with Gasteiger partial charge in [-0.25, -0.2) is 9.78 Å². The van der Waals surface area contributed by atoms with Crippen molar-refractivity contribution in [2.75, 3.05) is 23.0 Å². The maximum atomic E-state index is 11.9. The average molecular weight is 351 g/mol. The van der Waals surface area contributed by atoms with Gasteiger partial charge in [0.05, 0.1) is 6.54 Å². The van der Waals surface area contributed by atoms with Crippen molar-refractivity contribution in [1.29, 1.82) is 0 Å². The number of anilines is 4. The van der Waals surface area contributed by atoms with Crippen molar-refractivity contribution in [3.63, 3.8) is 0 Å². The number of carbonyl (C=O) groups is 2. The molecule has 0 unspecified atom stereocenters. The smallest absolute Gasteiger partial charge is 0.323 e. The van der Waals surface area contributed by atoms with Gasteiger partial charge in [-0.3, -0.25) is 10.1 Å². The van der Waals surface area contributed by atoms with Crippen LogP contribution in [0.5, 0.6) is 0 Å². The Morgan fingerprint density at radius 2 is 1.96 bits per heavy atom. The molecule has 2 heterocycles. The van der Waals surface area contributed by atoms with E-state index in [2.05, 4.69) is 20.9 Å². The van der Waals surface area contributed by atoms with E-state index in [0.717, 1.165) is 22.6 Å². The van der Waals surface area contributed by atoms with Crippen LogP contribution < -0.4 is 16.0 Å². The monoisotopic (exact) mass is 351 g/mol. The van der Waals surface area contributed by atoms with Crippen LogP contribution in [0.25, 0.3) is 0 Å². The summed E-state index contributed by atoms with van der Waals surface area (Å²) in [5, 5.41) is 9.07. The number of hydrogen-bond acceptors (Lipinski definition) is 4. The Bertz CT molecular complexity index is 846. The van der Waals surface area contributed by atoms with Crippen molar-refractivity contribution in [1.82, 2.24) is 9.88 Å². The van der Waals surface area contributed by atoms with Gasteiger partial charge in [-0.2, -0.15) is 0 Å². The fourth-order valence-corrected chi connectivity index (χ4v) is 2.97. The first-order chi connectivity index (χ1) is 12.6. The van der Waals surface area contributed by atoms with Gasteiger partial charge < -0.3 is 15.5 Å². The van der Waals surface area contributed by atoms with Gasteiger partial charge in [0.15, 0.2) is 0 Å². The standard InChI is InChI=1S/C19H21N5O2/c1-24-11-15-16(8-9-20-18(15)23-19(24)26)21-13-4-6-14(7-5-13)22-17(25)10-12-2-3-12/h4-9,12H,2-3,10-11H2,1H3,(H,22,25)(H2,20,21,23,26). The molecule has 3 amide bonds. The molecule has 1 saturated carbocycles. The zero-order valence-electron chi connectivity index (χ0n) is 14.6. The third-order valence-electron chi connectivity index (χ3n) is 4.64. The summed E-state index contributed by atoms with van der Waals surface area (Å²) >= 11 is 0. The largest absolute Gasteiger partial charge is 0.355 e. The minimum absolute atomic E-state index is 0.0789. The summed E-state index contributed by atoms with van der Waals surface area (Å²) in [7, 11) is 1.74. The normalized spacial score (nSPS) is 15.9. The number of urea groups is 1. The number of benzene rings is 1. The SMILES string of the molecule is CN1Cc2c(Nc3ccc(NC(=O)CC4CC4)cc3)ccnc2NC1=O. The number of hydrogen-bond donors (Lipinski definition) is 3. The van der Waals surface area contributed by atoms with Crippen molar-refractivity contribution >= 4 is 34.8 Å². The second kappa shape index (κ2) is 6.67. The summed E-state index contributed by atoms with van der Waals surface area (Å²) in [5.74, 6) is 1.24. The van der Waals surface area contributed by atoms with Crippen molar-refractivity contribution in [3.8, 4) is 0 Å². The zero-order chi connectivity index (χ0) is 18.1. The second-order valence-electron chi connectivity index (χ2n) is 6.87. The van der Waals surface area contributed by atoms with Crippen molar-refractivity contribution in [3.05, 3.63) is 42.1 Å². The van der Waals surface area contributed by atoms with Crippen molar-refractivity contribution in [2.24, 2.45) is 5.92 Å². The summed E-state index contributed by atoms with van der Waals surface area (Å²) in [4.78, 5) is 29.5. The lowest BCUT2D eigenvalue weighted by atomic mass is 10.1. The molecule has 0 atom stereocenters. The first kappa shape index (κ1) is 16.4. The molecular formula is C19H21N5O2. The highest BCUT2D eigenvalue weighted by Gasteiger charge is 2.24. The fraction of sp³-hybridized carbons (Fsp3) is 0.316. The second-order valence-corrected chi connectivity index (χ2v) is 6.87. The Labute approximate surface area is 151 Å². The molecule has 1 aliphatic heterocycles. The summed E-state index contributed by atoms with van der Waals surface area (Å²) in [6.07, 6.45) is 4.62. The van der Waals surface area contributed by atoms with E-state index >= 15 is 0 Å². The summed E-state index contributed by atoms with van der Waals surface area (Å²) in [6.45, 7) is 0.493. The number of carbonyl (C=O) groups excluding carboxylic acids is 2. The van der Waals surface area contributed by atoms with Crippen LogP contribution in [-0.2, 0) is 11.3 Å². The van der Waals surface area contributed by atoms with Crippen LogP contribution >= 0.6 is 0 Å².